The minimum atomic E-state index is -0.247. The van der Waals surface area contributed by atoms with Crippen molar-refractivity contribution in [3.8, 4) is 5.75 Å². The highest BCUT2D eigenvalue weighted by molar-refractivity contribution is 5.57. The average molecular weight is 251 g/mol. The lowest BCUT2D eigenvalue weighted by molar-refractivity contribution is 0.412. The van der Waals surface area contributed by atoms with Crippen LogP contribution in [0, 0.1) is 5.82 Å². The van der Waals surface area contributed by atoms with Crippen molar-refractivity contribution in [2.24, 2.45) is 0 Å². The van der Waals surface area contributed by atoms with E-state index in [9.17, 15) is 4.39 Å². The van der Waals surface area contributed by atoms with Crippen LogP contribution < -0.4 is 10.1 Å². The summed E-state index contributed by atoms with van der Waals surface area (Å²) >= 11 is 0. The summed E-state index contributed by atoms with van der Waals surface area (Å²) in [4.78, 5) is 0. The molecule has 0 aliphatic rings. The van der Waals surface area contributed by atoms with Crippen molar-refractivity contribution < 1.29 is 9.13 Å². The highest BCUT2D eigenvalue weighted by Gasteiger charge is 2.06. The van der Waals surface area contributed by atoms with Crippen LogP contribution in [-0.4, -0.2) is 19.2 Å². The Balaban J connectivity index is 2.54. The molecule has 3 heteroatoms. The van der Waals surface area contributed by atoms with Gasteiger partial charge in [-0.2, -0.15) is 0 Å². The Bertz CT molecular complexity index is 407. The minimum absolute atomic E-state index is 0.129. The normalized spacial score (nSPS) is 12.1. The van der Waals surface area contributed by atoms with Gasteiger partial charge in [0.2, 0.25) is 0 Å². The molecule has 1 aromatic rings. The second kappa shape index (κ2) is 6.55. The van der Waals surface area contributed by atoms with Gasteiger partial charge >= 0.3 is 0 Å². The van der Waals surface area contributed by atoms with Gasteiger partial charge in [-0.15, -0.1) is 0 Å². The smallest absolute Gasteiger partial charge is 0.126 e. The van der Waals surface area contributed by atoms with Crippen LogP contribution >= 0.6 is 0 Å². The predicted octanol–water partition coefficient (Wildman–Crippen LogP) is 3.63. The molecule has 0 bridgehead atoms. The van der Waals surface area contributed by atoms with Gasteiger partial charge in [0.05, 0.1) is 7.11 Å². The zero-order chi connectivity index (χ0) is 13.6. The van der Waals surface area contributed by atoms with Crippen LogP contribution in [-0.2, 0) is 0 Å². The van der Waals surface area contributed by atoms with E-state index in [1.165, 1.54) is 12.1 Å². The van der Waals surface area contributed by atoms with E-state index >= 15 is 0 Å². The zero-order valence-electron chi connectivity index (χ0n) is 11.6. The summed E-state index contributed by atoms with van der Waals surface area (Å²) < 4.78 is 18.3. The molecule has 0 fully saturated rings. The van der Waals surface area contributed by atoms with E-state index in [1.807, 2.05) is 12.2 Å². The minimum Gasteiger partial charge on any atom is -0.496 e. The number of hydrogen-bond donors (Lipinski definition) is 1. The van der Waals surface area contributed by atoms with Crippen molar-refractivity contribution in [3.63, 3.8) is 0 Å². The van der Waals surface area contributed by atoms with Crippen LogP contribution in [0.1, 0.15) is 32.8 Å². The molecule has 0 spiro atoms. The Morgan fingerprint density at radius 2 is 2.06 bits per heavy atom. The molecule has 0 heterocycles. The van der Waals surface area contributed by atoms with Crippen LogP contribution in [0.4, 0.5) is 4.39 Å². The molecule has 0 radical (unpaired) electrons. The summed E-state index contributed by atoms with van der Waals surface area (Å²) in [5.41, 5.74) is 0.901. The number of halogens is 1. The molecule has 0 saturated carbocycles. The molecule has 100 valence electrons. The van der Waals surface area contributed by atoms with Gasteiger partial charge in [-0.05, 0) is 51.9 Å². The van der Waals surface area contributed by atoms with E-state index < -0.39 is 0 Å². The van der Waals surface area contributed by atoms with Gasteiger partial charge in [-0.25, -0.2) is 4.39 Å². The van der Waals surface area contributed by atoms with Crippen molar-refractivity contribution in [3.05, 3.63) is 35.7 Å². The molecule has 0 aliphatic heterocycles. The van der Waals surface area contributed by atoms with Gasteiger partial charge < -0.3 is 10.1 Å². The first-order valence-electron chi connectivity index (χ1n) is 6.17. The second-order valence-corrected chi connectivity index (χ2v) is 5.25. The first-order valence-corrected chi connectivity index (χ1v) is 6.17. The molecule has 0 atom stereocenters. The zero-order valence-corrected chi connectivity index (χ0v) is 11.6. The largest absolute Gasteiger partial charge is 0.496 e. The number of nitrogens with one attached hydrogen (secondary N) is 1. The van der Waals surface area contributed by atoms with Crippen LogP contribution in [0.3, 0.4) is 0 Å². The molecule has 1 rings (SSSR count). The molecular weight excluding hydrogens is 229 g/mol. The first-order chi connectivity index (χ1) is 8.42. The summed E-state index contributed by atoms with van der Waals surface area (Å²) in [5.74, 6) is 0.444. The Morgan fingerprint density at radius 1 is 1.33 bits per heavy atom. The Morgan fingerprint density at radius 3 is 2.67 bits per heavy atom. The van der Waals surface area contributed by atoms with E-state index in [2.05, 4.69) is 26.1 Å². The van der Waals surface area contributed by atoms with Crippen molar-refractivity contribution in [1.82, 2.24) is 5.32 Å². The van der Waals surface area contributed by atoms with Crippen LogP contribution in [0.15, 0.2) is 24.3 Å². The maximum atomic E-state index is 13.1. The van der Waals surface area contributed by atoms with Crippen molar-refractivity contribution in [2.75, 3.05) is 13.7 Å². The molecule has 1 aromatic carbocycles. The van der Waals surface area contributed by atoms with E-state index in [0.717, 1.165) is 18.5 Å². The monoisotopic (exact) mass is 251 g/mol. The molecule has 18 heavy (non-hydrogen) atoms. The van der Waals surface area contributed by atoms with E-state index in [0.29, 0.717) is 5.75 Å². The first kappa shape index (κ1) is 14.7. The van der Waals surface area contributed by atoms with Crippen molar-refractivity contribution in [2.45, 2.75) is 32.7 Å². The molecule has 0 saturated heterocycles. The fourth-order valence-electron chi connectivity index (χ4n) is 1.58. The highest BCUT2D eigenvalue weighted by Crippen LogP contribution is 2.20. The quantitative estimate of drug-likeness (QED) is 0.807. The summed E-state index contributed by atoms with van der Waals surface area (Å²) in [5, 5.41) is 3.39. The molecule has 0 aliphatic carbocycles. The van der Waals surface area contributed by atoms with Crippen molar-refractivity contribution >= 4 is 6.08 Å². The number of rotatable bonds is 5. The maximum absolute atomic E-state index is 13.1. The fraction of sp³-hybridized carbons (Fsp3) is 0.467. The lowest BCUT2D eigenvalue weighted by Gasteiger charge is -2.19. The average Bonchev–Trinajstić information content (AvgIpc) is 2.27. The van der Waals surface area contributed by atoms with Gasteiger partial charge in [0.1, 0.15) is 11.6 Å². The molecule has 0 unspecified atom stereocenters. The lowest BCUT2D eigenvalue weighted by Crippen LogP contribution is -2.36. The number of benzene rings is 1. The predicted molar refractivity (Wildman–Crippen MR) is 74.4 cm³/mol. The highest BCUT2D eigenvalue weighted by atomic mass is 19.1. The fourth-order valence-corrected chi connectivity index (χ4v) is 1.58. The Hall–Kier alpha value is -1.35. The Labute approximate surface area is 109 Å². The number of methoxy groups -OCH3 is 1. The standard InChI is InChI=1S/C15H22FNO/c1-15(2,3)17-10-6-5-7-12-11-13(16)8-9-14(12)18-4/h5,7-9,11,17H,6,10H2,1-4H3/b7-5+. The van der Waals surface area contributed by atoms with Crippen LogP contribution in [0.2, 0.25) is 0 Å². The third-order valence-corrected chi connectivity index (χ3v) is 2.46. The van der Waals surface area contributed by atoms with E-state index in [-0.39, 0.29) is 11.4 Å². The number of hydrogen-bond acceptors (Lipinski definition) is 2. The van der Waals surface area contributed by atoms with E-state index in [4.69, 9.17) is 4.74 Å². The van der Waals surface area contributed by atoms with Gasteiger partial charge in [0.15, 0.2) is 0 Å². The summed E-state index contributed by atoms with van der Waals surface area (Å²) in [6.45, 7) is 7.29. The second-order valence-electron chi connectivity index (χ2n) is 5.25. The van der Waals surface area contributed by atoms with Gasteiger partial charge in [-0.1, -0.05) is 12.2 Å². The molecule has 0 amide bonds. The Kier molecular flexibility index (Phi) is 5.35. The molecule has 0 aromatic heterocycles. The summed E-state index contributed by atoms with van der Waals surface area (Å²) in [7, 11) is 1.59. The summed E-state index contributed by atoms with van der Waals surface area (Å²) in [6.07, 6.45) is 4.82. The lowest BCUT2D eigenvalue weighted by atomic mass is 10.1. The topological polar surface area (TPSA) is 21.3 Å². The number of ether oxygens (including phenoxy) is 1. The van der Waals surface area contributed by atoms with Gasteiger partial charge in [0.25, 0.3) is 0 Å². The van der Waals surface area contributed by atoms with Gasteiger partial charge in [-0.3, -0.25) is 0 Å². The molecule has 2 nitrogen and oxygen atoms in total. The van der Waals surface area contributed by atoms with Crippen LogP contribution in [0.25, 0.3) is 6.08 Å². The van der Waals surface area contributed by atoms with Crippen molar-refractivity contribution in [1.29, 1.82) is 0 Å². The molecular formula is C15H22FNO. The maximum Gasteiger partial charge on any atom is 0.126 e. The van der Waals surface area contributed by atoms with E-state index in [1.54, 1.807) is 13.2 Å². The van der Waals surface area contributed by atoms with Crippen LogP contribution in [0.5, 0.6) is 5.75 Å². The molecule has 1 N–H and O–H groups in total. The SMILES string of the molecule is COc1ccc(F)cc1/C=C/CCNC(C)(C)C. The third kappa shape index (κ3) is 5.32. The third-order valence-electron chi connectivity index (χ3n) is 2.46. The summed E-state index contributed by atoms with van der Waals surface area (Å²) in [6, 6.07) is 4.52. The van der Waals surface area contributed by atoms with Gasteiger partial charge in [0, 0.05) is 11.1 Å².